The zero-order valence-corrected chi connectivity index (χ0v) is 11.7. The fourth-order valence-electron chi connectivity index (χ4n) is 1.45. The van der Waals surface area contributed by atoms with Crippen molar-refractivity contribution in [3.63, 3.8) is 0 Å². The average molecular weight is 305 g/mol. The predicted octanol–water partition coefficient (Wildman–Crippen LogP) is 3.63. The second kappa shape index (κ2) is 6.26. The highest BCUT2D eigenvalue weighted by molar-refractivity contribution is 9.09. The van der Waals surface area contributed by atoms with Gasteiger partial charge in [-0.25, -0.2) is 0 Å². The summed E-state index contributed by atoms with van der Waals surface area (Å²) >= 11 is 9.21. The van der Waals surface area contributed by atoms with Gasteiger partial charge in [0.1, 0.15) is 0 Å². The third-order valence-corrected chi connectivity index (χ3v) is 2.79. The van der Waals surface area contributed by atoms with Crippen LogP contribution >= 0.6 is 27.5 Å². The molecule has 1 aromatic carbocycles. The average Bonchev–Trinajstić information content (AvgIpc) is 2.16. The largest absolute Gasteiger partial charge is 0.350 e. The van der Waals surface area contributed by atoms with Gasteiger partial charge >= 0.3 is 0 Å². The quantitative estimate of drug-likeness (QED) is 0.846. The number of amides is 1. The van der Waals surface area contributed by atoms with Crippen LogP contribution in [0.5, 0.6) is 0 Å². The van der Waals surface area contributed by atoms with E-state index in [0.717, 1.165) is 6.42 Å². The Morgan fingerprint density at radius 1 is 1.38 bits per heavy atom. The summed E-state index contributed by atoms with van der Waals surface area (Å²) in [5.74, 6) is -0.0580. The van der Waals surface area contributed by atoms with Gasteiger partial charge in [-0.15, -0.1) is 0 Å². The number of alkyl halides is 1. The van der Waals surface area contributed by atoms with Gasteiger partial charge in [-0.2, -0.15) is 0 Å². The lowest BCUT2D eigenvalue weighted by molar-refractivity contribution is 0.0938. The fraction of sp³-hybridized carbons (Fsp3) is 0.417. The molecule has 2 nitrogen and oxygen atoms in total. The van der Waals surface area contributed by atoms with Crippen LogP contribution in [0.25, 0.3) is 0 Å². The Morgan fingerprint density at radius 3 is 2.44 bits per heavy atom. The van der Waals surface area contributed by atoms with E-state index >= 15 is 0 Å². The molecule has 0 saturated carbocycles. The Hall–Kier alpha value is -0.540. The van der Waals surface area contributed by atoms with Crippen LogP contribution in [0, 0.1) is 0 Å². The number of hydrogen-bond donors (Lipinski definition) is 1. The van der Waals surface area contributed by atoms with Gasteiger partial charge in [0.2, 0.25) is 0 Å². The molecule has 1 aromatic rings. The summed E-state index contributed by atoms with van der Waals surface area (Å²) in [6.45, 7) is 4.05. The van der Waals surface area contributed by atoms with Crippen molar-refractivity contribution in [1.82, 2.24) is 5.32 Å². The van der Waals surface area contributed by atoms with Crippen LogP contribution in [-0.4, -0.2) is 16.8 Å². The molecule has 0 aliphatic rings. The predicted molar refractivity (Wildman–Crippen MR) is 71.4 cm³/mol. The van der Waals surface area contributed by atoms with Gasteiger partial charge in [-0.05, 0) is 37.6 Å². The molecule has 1 rings (SSSR count). The summed E-state index contributed by atoms with van der Waals surface area (Å²) in [6.07, 6.45) is 0.902. The summed E-state index contributed by atoms with van der Waals surface area (Å²) in [4.78, 5) is 12.2. The first-order valence-corrected chi connectivity index (χ1v) is 6.49. The van der Waals surface area contributed by atoms with Crippen LogP contribution in [0.15, 0.2) is 24.3 Å². The van der Waals surface area contributed by atoms with Gasteiger partial charge < -0.3 is 5.32 Å². The molecule has 0 bridgehead atoms. The van der Waals surface area contributed by atoms with Crippen LogP contribution < -0.4 is 5.32 Å². The second-order valence-corrected chi connectivity index (χ2v) is 5.90. The monoisotopic (exact) mass is 303 g/mol. The van der Waals surface area contributed by atoms with E-state index in [0.29, 0.717) is 15.4 Å². The molecule has 2 unspecified atom stereocenters. The van der Waals surface area contributed by atoms with Crippen molar-refractivity contribution in [2.45, 2.75) is 31.1 Å². The number of carbonyl (C=O) groups is 1. The lowest BCUT2D eigenvalue weighted by Gasteiger charge is -2.15. The highest BCUT2D eigenvalue weighted by Gasteiger charge is 2.11. The van der Waals surface area contributed by atoms with Crippen molar-refractivity contribution in [3.8, 4) is 0 Å². The zero-order valence-electron chi connectivity index (χ0n) is 9.34. The lowest BCUT2D eigenvalue weighted by Crippen LogP contribution is -2.33. The Bertz CT molecular complexity index is 351. The van der Waals surface area contributed by atoms with E-state index in [9.17, 15) is 4.79 Å². The summed E-state index contributed by atoms with van der Waals surface area (Å²) in [7, 11) is 0. The Labute approximate surface area is 110 Å². The van der Waals surface area contributed by atoms with Gasteiger partial charge in [0.05, 0.1) is 0 Å². The minimum Gasteiger partial charge on any atom is -0.350 e. The van der Waals surface area contributed by atoms with Crippen molar-refractivity contribution < 1.29 is 4.79 Å². The zero-order chi connectivity index (χ0) is 12.1. The molecule has 0 heterocycles. The van der Waals surface area contributed by atoms with Crippen molar-refractivity contribution in [3.05, 3.63) is 34.9 Å². The fourth-order valence-corrected chi connectivity index (χ4v) is 2.14. The Morgan fingerprint density at radius 2 is 1.94 bits per heavy atom. The third-order valence-electron chi connectivity index (χ3n) is 2.16. The standard InChI is InChI=1S/C12H15BrClNO/c1-8(13)7-9(2)15-12(16)10-3-5-11(14)6-4-10/h3-6,8-9H,7H2,1-2H3,(H,15,16). The SMILES string of the molecule is CC(Br)CC(C)NC(=O)c1ccc(Cl)cc1. The smallest absolute Gasteiger partial charge is 0.251 e. The first-order valence-electron chi connectivity index (χ1n) is 5.19. The van der Waals surface area contributed by atoms with E-state index in [1.54, 1.807) is 24.3 Å². The van der Waals surface area contributed by atoms with E-state index < -0.39 is 0 Å². The maximum Gasteiger partial charge on any atom is 0.251 e. The maximum atomic E-state index is 11.8. The number of rotatable bonds is 4. The molecule has 4 heteroatoms. The molecule has 0 fully saturated rings. The van der Waals surface area contributed by atoms with Gasteiger partial charge in [0.15, 0.2) is 0 Å². The topological polar surface area (TPSA) is 29.1 Å². The normalized spacial score (nSPS) is 14.2. The molecule has 0 aliphatic heterocycles. The van der Waals surface area contributed by atoms with E-state index in [1.807, 2.05) is 6.92 Å². The summed E-state index contributed by atoms with van der Waals surface area (Å²) in [5.41, 5.74) is 0.637. The van der Waals surface area contributed by atoms with Gasteiger partial charge in [0.25, 0.3) is 5.91 Å². The van der Waals surface area contributed by atoms with Crippen LogP contribution in [0.1, 0.15) is 30.6 Å². The van der Waals surface area contributed by atoms with Crippen molar-refractivity contribution >= 4 is 33.4 Å². The minimum atomic E-state index is -0.0580. The highest BCUT2D eigenvalue weighted by atomic mass is 79.9. The maximum absolute atomic E-state index is 11.8. The van der Waals surface area contributed by atoms with Gasteiger partial charge in [-0.1, -0.05) is 34.5 Å². The second-order valence-electron chi connectivity index (χ2n) is 3.90. The van der Waals surface area contributed by atoms with E-state index in [-0.39, 0.29) is 11.9 Å². The summed E-state index contributed by atoms with van der Waals surface area (Å²) in [6, 6.07) is 7.03. The molecule has 0 spiro atoms. The van der Waals surface area contributed by atoms with E-state index in [1.165, 1.54) is 0 Å². The van der Waals surface area contributed by atoms with Crippen LogP contribution in [0.4, 0.5) is 0 Å². The Balaban J connectivity index is 2.55. The minimum absolute atomic E-state index is 0.0580. The Kier molecular flexibility index (Phi) is 5.29. The molecular formula is C12H15BrClNO. The number of halogens is 2. The first-order chi connectivity index (χ1) is 7.49. The van der Waals surface area contributed by atoms with Crippen LogP contribution in [-0.2, 0) is 0 Å². The van der Waals surface area contributed by atoms with Crippen LogP contribution in [0.2, 0.25) is 5.02 Å². The molecule has 1 N–H and O–H groups in total. The molecule has 88 valence electrons. The molecule has 2 atom stereocenters. The lowest BCUT2D eigenvalue weighted by atomic mass is 10.1. The highest BCUT2D eigenvalue weighted by Crippen LogP contribution is 2.11. The molecule has 0 radical (unpaired) electrons. The molecule has 0 aromatic heterocycles. The van der Waals surface area contributed by atoms with Crippen LogP contribution in [0.3, 0.4) is 0 Å². The molecule has 16 heavy (non-hydrogen) atoms. The van der Waals surface area contributed by atoms with E-state index in [4.69, 9.17) is 11.6 Å². The van der Waals surface area contributed by atoms with Gasteiger partial charge in [-0.3, -0.25) is 4.79 Å². The van der Waals surface area contributed by atoms with Gasteiger partial charge in [0, 0.05) is 21.5 Å². The number of nitrogens with one attached hydrogen (secondary N) is 1. The van der Waals surface area contributed by atoms with E-state index in [2.05, 4.69) is 28.2 Å². The molecule has 0 aliphatic carbocycles. The summed E-state index contributed by atoms with van der Waals surface area (Å²) < 4.78 is 0. The molecular weight excluding hydrogens is 289 g/mol. The number of carbonyl (C=O) groups excluding carboxylic acids is 1. The summed E-state index contributed by atoms with van der Waals surface area (Å²) in [5, 5.41) is 3.57. The van der Waals surface area contributed by atoms with Crippen molar-refractivity contribution in [2.24, 2.45) is 0 Å². The molecule has 0 saturated heterocycles. The van der Waals surface area contributed by atoms with Crippen molar-refractivity contribution in [2.75, 3.05) is 0 Å². The third kappa shape index (κ3) is 4.54. The number of benzene rings is 1. The first kappa shape index (κ1) is 13.5. The number of hydrogen-bond acceptors (Lipinski definition) is 1. The molecule has 1 amide bonds. The van der Waals surface area contributed by atoms with Crippen molar-refractivity contribution in [1.29, 1.82) is 0 Å².